The van der Waals surface area contributed by atoms with Gasteiger partial charge in [0.25, 0.3) is 5.56 Å². The fourth-order valence-corrected chi connectivity index (χ4v) is 3.59. The molecule has 0 unspecified atom stereocenters. The fraction of sp³-hybridized carbons (Fsp3) is 0.467. The molecule has 0 aliphatic carbocycles. The molecule has 2 aliphatic heterocycles. The van der Waals surface area contributed by atoms with Gasteiger partial charge in [-0.3, -0.25) is 4.79 Å². The van der Waals surface area contributed by atoms with Crippen LogP contribution < -0.4 is 16.2 Å². The molecule has 0 amide bonds. The number of nitrogens with zero attached hydrogens (tertiary/aromatic N) is 1. The topological polar surface area (TPSA) is 69.8 Å². The van der Waals surface area contributed by atoms with Crippen molar-refractivity contribution in [3.05, 3.63) is 34.6 Å². The zero-order valence-corrected chi connectivity index (χ0v) is 11.2. The normalized spacial score (nSPS) is 28.7. The molecule has 2 aliphatic rings. The van der Waals surface area contributed by atoms with E-state index >= 15 is 0 Å². The molecule has 3 N–H and O–H groups in total. The first-order valence-corrected chi connectivity index (χ1v) is 7.29. The van der Waals surface area contributed by atoms with Crippen LogP contribution in [0.4, 0.5) is 5.82 Å². The maximum Gasteiger partial charge on any atom is 0.272 e. The highest BCUT2D eigenvalue weighted by Gasteiger charge is 2.33. The van der Waals surface area contributed by atoms with Crippen molar-refractivity contribution in [2.75, 3.05) is 5.32 Å². The Balaban J connectivity index is 1.66. The standard InChI is InChI=1S/C15H18N4O/c20-15-13-4-2-1-3-12(13)14(18-19-15)17-11-7-9-5-6-10(8-11)16-9/h1-4,9-11,16H,5-8H2,(H,17,18)(H,19,20)/t9-,10-/m1/s1. The number of hydrogen-bond acceptors (Lipinski definition) is 4. The minimum atomic E-state index is -0.128. The van der Waals surface area contributed by atoms with E-state index in [9.17, 15) is 4.79 Å². The van der Waals surface area contributed by atoms with Gasteiger partial charge in [0.1, 0.15) is 0 Å². The van der Waals surface area contributed by atoms with Gasteiger partial charge in [-0.25, -0.2) is 5.10 Å². The first-order chi connectivity index (χ1) is 9.79. The summed E-state index contributed by atoms with van der Waals surface area (Å²) in [5.41, 5.74) is -0.128. The zero-order valence-electron chi connectivity index (χ0n) is 11.2. The van der Waals surface area contributed by atoms with Crippen LogP contribution in [0.2, 0.25) is 0 Å². The summed E-state index contributed by atoms with van der Waals surface area (Å²) in [6.07, 6.45) is 4.82. The van der Waals surface area contributed by atoms with Crippen molar-refractivity contribution in [1.29, 1.82) is 0 Å². The molecule has 104 valence electrons. The second-order valence-corrected chi connectivity index (χ2v) is 5.90. The number of H-pyrrole nitrogens is 1. The van der Waals surface area contributed by atoms with Gasteiger partial charge >= 0.3 is 0 Å². The van der Waals surface area contributed by atoms with Gasteiger partial charge < -0.3 is 10.6 Å². The van der Waals surface area contributed by atoms with Gasteiger partial charge in [0.15, 0.2) is 5.82 Å². The lowest BCUT2D eigenvalue weighted by Gasteiger charge is -2.30. The Morgan fingerprint density at radius 2 is 1.80 bits per heavy atom. The summed E-state index contributed by atoms with van der Waals surface area (Å²) in [7, 11) is 0. The lowest BCUT2D eigenvalue weighted by atomic mass is 9.99. The Bertz CT molecular complexity index is 684. The van der Waals surface area contributed by atoms with Gasteiger partial charge in [-0.1, -0.05) is 18.2 Å². The maximum absolute atomic E-state index is 11.8. The van der Waals surface area contributed by atoms with E-state index in [4.69, 9.17) is 0 Å². The fourth-order valence-electron chi connectivity index (χ4n) is 3.59. The summed E-state index contributed by atoms with van der Waals surface area (Å²) in [4.78, 5) is 11.8. The summed E-state index contributed by atoms with van der Waals surface area (Å²) in [5.74, 6) is 0.798. The molecule has 4 rings (SSSR count). The summed E-state index contributed by atoms with van der Waals surface area (Å²) in [5, 5.41) is 15.6. The molecule has 20 heavy (non-hydrogen) atoms. The van der Waals surface area contributed by atoms with Crippen LogP contribution >= 0.6 is 0 Å². The third kappa shape index (κ3) is 1.98. The van der Waals surface area contributed by atoms with Gasteiger partial charge in [0.05, 0.1) is 5.39 Å². The zero-order chi connectivity index (χ0) is 13.5. The van der Waals surface area contributed by atoms with Crippen LogP contribution in [0.3, 0.4) is 0 Å². The molecule has 1 aromatic carbocycles. The molecule has 2 saturated heterocycles. The smallest absolute Gasteiger partial charge is 0.272 e. The number of rotatable bonds is 2. The quantitative estimate of drug-likeness (QED) is 0.775. The van der Waals surface area contributed by atoms with E-state index in [1.165, 1.54) is 12.8 Å². The number of piperidine rings is 1. The molecule has 5 heteroatoms. The Labute approximate surface area is 116 Å². The average Bonchev–Trinajstić information content (AvgIpc) is 2.81. The number of benzene rings is 1. The Morgan fingerprint density at radius 1 is 1.10 bits per heavy atom. The molecule has 0 radical (unpaired) electrons. The molecule has 2 bridgehead atoms. The van der Waals surface area contributed by atoms with Crippen molar-refractivity contribution in [3.63, 3.8) is 0 Å². The van der Waals surface area contributed by atoms with E-state index in [1.54, 1.807) is 0 Å². The third-order valence-corrected chi connectivity index (χ3v) is 4.51. The summed E-state index contributed by atoms with van der Waals surface area (Å²) < 4.78 is 0. The number of aromatic nitrogens is 2. The first-order valence-electron chi connectivity index (χ1n) is 7.29. The molecule has 2 fully saturated rings. The van der Waals surface area contributed by atoms with Crippen molar-refractivity contribution in [1.82, 2.24) is 15.5 Å². The van der Waals surface area contributed by atoms with Crippen molar-refractivity contribution in [3.8, 4) is 0 Å². The van der Waals surface area contributed by atoms with Crippen LogP contribution in [0.15, 0.2) is 29.1 Å². The van der Waals surface area contributed by atoms with Gasteiger partial charge in [0.2, 0.25) is 0 Å². The van der Waals surface area contributed by atoms with Gasteiger partial charge in [-0.2, -0.15) is 5.10 Å². The minimum absolute atomic E-state index is 0.128. The van der Waals surface area contributed by atoms with E-state index in [2.05, 4.69) is 20.8 Å². The summed E-state index contributed by atoms with van der Waals surface area (Å²) in [6.45, 7) is 0. The third-order valence-electron chi connectivity index (χ3n) is 4.51. The average molecular weight is 270 g/mol. The Morgan fingerprint density at radius 3 is 2.55 bits per heavy atom. The molecule has 2 aromatic rings. The molecule has 0 spiro atoms. The molecule has 3 heterocycles. The second kappa shape index (κ2) is 4.59. The molecular weight excluding hydrogens is 252 g/mol. The van der Waals surface area contributed by atoms with Gasteiger partial charge in [-0.05, 0) is 31.7 Å². The van der Waals surface area contributed by atoms with Crippen molar-refractivity contribution < 1.29 is 0 Å². The molecule has 1 aromatic heterocycles. The lowest BCUT2D eigenvalue weighted by Crippen LogP contribution is -2.43. The van der Waals surface area contributed by atoms with Gasteiger partial charge in [0, 0.05) is 23.5 Å². The summed E-state index contributed by atoms with van der Waals surface area (Å²) >= 11 is 0. The van der Waals surface area contributed by atoms with Crippen LogP contribution in [0, 0.1) is 0 Å². The molecular formula is C15H18N4O. The highest BCUT2D eigenvalue weighted by Crippen LogP contribution is 2.29. The Hall–Kier alpha value is -1.88. The lowest BCUT2D eigenvalue weighted by molar-refractivity contribution is 0.377. The number of anilines is 1. The van der Waals surface area contributed by atoms with Crippen LogP contribution in [-0.2, 0) is 0 Å². The summed E-state index contributed by atoms with van der Waals surface area (Å²) in [6, 6.07) is 9.34. The van der Waals surface area contributed by atoms with E-state index < -0.39 is 0 Å². The largest absolute Gasteiger partial charge is 0.365 e. The highest BCUT2D eigenvalue weighted by atomic mass is 16.1. The van der Waals surface area contributed by atoms with E-state index in [0.29, 0.717) is 23.5 Å². The van der Waals surface area contributed by atoms with Gasteiger partial charge in [-0.15, -0.1) is 0 Å². The molecule has 5 nitrogen and oxygen atoms in total. The van der Waals surface area contributed by atoms with E-state index in [0.717, 1.165) is 24.0 Å². The second-order valence-electron chi connectivity index (χ2n) is 5.90. The predicted molar refractivity (Wildman–Crippen MR) is 79.0 cm³/mol. The van der Waals surface area contributed by atoms with E-state index in [-0.39, 0.29) is 5.56 Å². The van der Waals surface area contributed by atoms with Crippen LogP contribution in [-0.4, -0.2) is 28.3 Å². The maximum atomic E-state index is 11.8. The number of hydrogen-bond donors (Lipinski definition) is 3. The Kier molecular flexibility index (Phi) is 2.73. The SMILES string of the molecule is O=c1[nH]nc(NC2C[C@H]3CC[C@H](C2)N3)c2ccccc12. The monoisotopic (exact) mass is 270 g/mol. The predicted octanol–water partition coefficient (Wildman–Crippen LogP) is 1.62. The molecule has 2 atom stereocenters. The number of aromatic amines is 1. The van der Waals surface area contributed by atoms with Crippen molar-refractivity contribution >= 4 is 16.6 Å². The van der Waals surface area contributed by atoms with Crippen LogP contribution in [0.5, 0.6) is 0 Å². The minimum Gasteiger partial charge on any atom is -0.365 e. The van der Waals surface area contributed by atoms with Crippen LogP contribution in [0.1, 0.15) is 25.7 Å². The highest BCUT2D eigenvalue weighted by molar-refractivity contribution is 5.90. The molecule has 0 saturated carbocycles. The van der Waals surface area contributed by atoms with Crippen molar-refractivity contribution in [2.24, 2.45) is 0 Å². The number of fused-ring (bicyclic) bond motifs is 3. The van der Waals surface area contributed by atoms with E-state index in [1.807, 2.05) is 24.3 Å². The van der Waals surface area contributed by atoms with Crippen LogP contribution in [0.25, 0.3) is 10.8 Å². The first kappa shape index (κ1) is 11.9. The number of nitrogens with one attached hydrogen (secondary N) is 3. The van der Waals surface area contributed by atoms with Crippen molar-refractivity contribution in [2.45, 2.75) is 43.8 Å².